The minimum Gasteiger partial charge on any atom is -0.397 e. The third-order valence-corrected chi connectivity index (χ3v) is 4.42. The number of carbonyl (C=O) groups excluding carboxylic acids is 1. The van der Waals surface area contributed by atoms with Gasteiger partial charge in [0.05, 0.1) is 30.6 Å². The van der Waals surface area contributed by atoms with E-state index >= 15 is 0 Å². The second-order valence-corrected chi connectivity index (χ2v) is 6.02. The molecular formula is C16H23N3O2. The normalized spacial score (nSPS) is 25.6. The lowest BCUT2D eigenvalue weighted by Gasteiger charge is -2.37. The predicted molar refractivity (Wildman–Crippen MR) is 83.2 cm³/mol. The van der Waals surface area contributed by atoms with Gasteiger partial charge in [-0.3, -0.25) is 9.69 Å². The van der Waals surface area contributed by atoms with E-state index in [1.165, 1.54) is 6.42 Å². The summed E-state index contributed by atoms with van der Waals surface area (Å²) < 4.78 is 5.77. The maximum Gasteiger partial charge on any atom is 0.238 e. The Morgan fingerprint density at radius 2 is 2.33 bits per heavy atom. The van der Waals surface area contributed by atoms with Crippen molar-refractivity contribution in [1.82, 2.24) is 4.90 Å². The lowest BCUT2D eigenvalue weighted by atomic mass is 10.1. The molecule has 5 nitrogen and oxygen atoms in total. The number of aryl methyl sites for hydroxylation is 1. The van der Waals surface area contributed by atoms with E-state index in [4.69, 9.17) is 10.5 Å². The third kappa shape index (κ3) is 3.19. The van der Waals surface area contributed by atoms with Crippen LogP contribution in [0, 0.1) is 6.92 Å². The first-order valence-corrected chi connectivity index (χ1v) is 7.65. The first-order valence-electron chi connectivity index (χ1n) is 7.65. The summed E-state index contributed by atoms with van der Waals surface area (Å²) in [6.07, 6.45) is 3.76. The van der Waals surface area contributed by atoms with Gasteiger partial charge in [-0.05, 0) is 43.9 Å². The quantitative estimate of drug-likeness (QED) is 0.832. The van der Waals surface area contributed by atoms with Crippen LogP contribution in [0.5, 0.6) is 0 Å². The number of hydrogen-bond acceptors (Lipinski definition) is 4. The predicted octanol–water partition coefficient (Wildman–Crippen LogP) is 1.77. The van der Waals surface area contributed by atoms with Crippen LogP contribution in [0.4, 0.5) is 11.4 Å². The molecule has 1 saturated heterocycles. The monoisotopic (exact) mass is 289 g/mol. The molecule has 0 bridgehead atoms. The highest BCUT2D eigenvalue weighted by atomic mass is 16.5. The van der Waals surface area contributed by atoms with Gasteiger partial charge in [0.1, 0.15) is 0 Å². The van der Waals surface area contributed by atoms with Gasteiger partial charge in [0.25, 0.3) is 0 Å². The van der Waals surface area contributed by atoms with Crippen molar-refractivity contribution in [2.45, 2.75) is 38.3 Å². The summed E-state index contributed by atoms with van der Waals surface area (Å²) >= 11 is 0. The molecule has 114 valence electrons. The van der Waals surface area contributed by atoms with Crippen molar-refractivity contribution in [3.63, 3.8) is 0 Å². The Balaban J connectivity index is 1.61. The molecule has 1 aromatic carbocycles. The lowest BCUT2D eigenvalue weighted by molar-refractivity contribution is -0.121. The van der Waals surface area contributed by atoms with Crippen LogP contribution in [0.25, 0.3) is 0 Å². The average molecular weight is 289 g/mol. The summed E-state index contributed by atoms with van der Waals surface area (Å²) in [6.45, 7) is 3.95. The van der Waals surface area contributed by atoms with Gasteiger partial charge in [-0.1, -0.05) is 6.07 Å². The fraction of sp³-hybridized carbons (Fsp3) is 0.562. The fourth-order valence-corrected chi connectivity index (χ4v) is 3.37. The van der Waals surface area contributed by atoms with Gasteiger partial charge >= 0.3 is 0 Å². The van der Waals surface area contributed by atoms with Crippen molar-refractivity contribution in [3.8, 4) is 0 Å². The molecule has 1 heterocycles. The smallest absolute Gasteiger partial charge is 0.238 e. The van der Waals surface area contributed by atoms with Crippen LogP contribution < -0.4 is 11.1 Å². The summed E-state index contributed by atoms with van der Waals surface area (Å²) in [6, 6.07) is 6.09. The van der Waals surface area contributed by atoms with E-state index in [1.54, 1.807) is 0 Å². The van der Waals surface area contributed by atoms with E-state index in [0.29, 0.717) is 30.1 Å². The van der Waals surface area contributed by atoms with Crippen LogP contribution in [-0.2, 0) is 9.53 Å². The topological polar surface area (TPSA) is 67.6 Å². The zero-order valence-corrected chi connectivity index (χ0v) is 12.5. The Hall–Kier alpha value is -1.59. The van der Waals surface area contributed by atoms with E-state index < -0.39 is 0 Å². The molecule has 1 aliphatic carbocycles. The third-order valence-electron chi connectivity index (χ3n) is 4.42. The van der Waals surface area contributed by atoms with Crippen LogP contribution in [0.3, 0.4) is 0 Å². The highest BCUT2D eigenvalue weighted by molar-refractivity contribution is 5.95. The maximum atomic E-state index is 12.3. The number of amides is 1. The van der Waals surface area contributed by atoms with Gasteiger partial charge < -0.3 is 15.8 Å². The standard InChI is InChI=1S/C16H23N3O2/c1-11-5-6-13(12(17)9-11)18-16(20)10-19-7-8-21-15-4-2-3-14(15)19/h5-6,9,14-15H,2-4,7-8,10,17H2,1H3,(H,18,20). The number of nitrogen functional groups attached to an aromatic ring is 1. The lowest BCUT2D eigenvalue weighted by Crippen LogP contribution is -2.51. The van der Waals surface area contributed by atoms with Gasteiger partial charge in [-0.2, -0.15) is 0 Å². The number of fused-ring (bicyclic) bond motifs is 1. The van der Waals surface area contributed by atoms with E-state index in [1.807, 2.05) is 25.1 Å². The summed E-state index contributed by atoms with van der Waals surface area (Å²) in [5.41, 5.74) is 8.34. The molecule has 2 aliphatic rings. The van der Waals surface area contributed by atoms with Crippen molar-refractivity contribution in [2.75, 3.05) is 30.7 Å². The molecule has 1 aliphatic heterocycles. The first-order chi connectivity index (χ1) is 10.1. The van der Waals surface area contributed by atoms with Gasteiger partial charge in [0, 0.05) is 12.6 Å². The summed E-state index contributed by atoms with van der Waals surface area (Å²) in [7, 11) is 0. The SMILES string of the molecule is Cc1ccc(NC(=O)CN2CCOC3CCCC32)c(N)c1. The molecular weight excluding hydrogens is 266 g/mol. The number of nitrogens with two attached hydrogens (primary N) is 1. The highest BCUT2D eigenvalue weighted by Crippen LogP contribution is 2.29. The molecule has 0 aromatic heterocycles. The number of nitrogens with zero attached hydrogens (tertiary/aromatic N) is 1. The number of carbonyl (C=O) groups is 1. The number of anilines is 2. The van der Waals surface area contributed by atoms with Crippen LogP contribution in [0.2, 0.25) is 0 Å². The fourth-order valence-electron chi connectivity index (χ4n) is 3.37. The molecule has 2 fully saturated rings. The number of nitrogens with one attached hydrogen (secondary N) is 1. The molecule has 3 rings (SSSR count). The Morgan fingerprint density at radius 1 is 1.48 bits per heavy atom. The molecule has 1 aromatic rings. The van der Waals surface area contributed by atoms with Gasteiger partial charge in [0.15, 0.2) is 0 Å². The molecule has 0 spiro atoms. The highest BCUT2D eigenvalue weighted by Gasteiger charge is 2.36. The van der Waals surface area contributed by atoms with Gasteiger partial charge in [0.2, 0.25) is 5.91 Å². The molecule has 1 amide bonds. The van der Waals surface area contributed by atoms with E-state index in [-0.39, 0.29) is 5.91 Å². The van der Waals surface area contributed by atoms with Crippen molar-refractivity contribution >= 4 is 17.3 Å². The average Bonchev–Trinajstić information content (AvgIpc) is 2.91. The zero-order valence-electron chi connectivity index (χ0n) is 12.5. The first kappa shape index (κ1) is 14.4. The summed E-state index contributed by atoms with van der Waals surface area (Å²) in [5, 5.41) is 2.92. The minimum absolute atomic E-state index is 0.00176. The van der Waals surface area contributed by atoms with Gasteiger partial charge in [-0.25, -0.2) is 0 Å². The molecule has 0 radical (unpaired) electrons. The largest absolute Gasteiger partial charge is 0.397 e. The zero-order chi connectivity index (χ0) is 14.8. The van der Waals surface area contributed by atoms with Crippen molar-refractivity contribution < 1.29 is 9.53 Å². The molecule has 5 heteroatoms. The van der Waals surface area contributed by atoms with E-state index in [9.17, 15) is 4.79 Å². The Labute approximate surface area is 125 Å². The van der Waals surface area contributed by atoms with Crippen LogP contribution >= 0.6 is 0 Å². The number of hydrogen-bond donors (Lipinski definition) is 2. The van der Waals surface area contributed by atoms with Crippen molar-refractivity contribution in [2.24, 2.45) is 0 Å². The molecule has 3 N–H and O–H groups in total. The van der Waals surface area contributed by atoms with Crippen molar-refractivity contribution in [3.05, 3.63) is 23.8 Å². The van der Waals surface area contributed by atoms with Gasteiger partial charge in [-0.15, -0.1) is 0 Å². The summed E-state index contributed by atoms with van der Waals surface area (Å²) in [5.74, 6) is -0.00176. The second-order valence-electron chi connectivity index (χ2n) is 6.02. The number of rotatable bonds is 3. The Kier molecular flexibility index (Phi) is 4.12. The van der Waals surface area contributed by atoms with Crippen molar-refractivity contribution in [1.29, 1.82) is 0 Å². The number of ether oxygens (including phenoxy) is 1. The van der Waals surface area contributed by atoms with E-state index in [2.05, 4.69) is 10.2 Å². The molecule has 21 heavy (non-hydrogen) atoms. The molecule has 2 atom stereocenters. The van der Waals surface area contributed by atoms with E-state index in [0.717, 1.165) is 31.6 Å². The number of morpholine rings is 1. The summed E-state index contributed by atoms with van der Waals surface area (Å²) in [4.78, 5) is 14.5. The van der Waals surface area contributed by atoms with Crippen LogP contribution in [0.15, 0.2) is 18.2 Å². The van der Waals surface area contributed by atoms with Crippen LogP contribution in [-0.4, -0.2) is 42.6 Å². The maximum absolute atomic E-state index is 12.3. The Morgan fingerprint density at radius 3 is 3.14 bits per heavy atom. The Bertz CT molecular complexity index is 532. The van der Waals surface area contributed by atoms with Crippen LogP contribution in [0.1, 0.15) is 24.8 Å². The molecule has 1 saturated carbocycles. The number of benzene rings is 1. The second kappa shape index (κ2) is 6.03. The molecule has 2 unspecified atom stereocenters. The minimum atomic E-state index is -0.00176.